The third-order valence-corrected chi connectivity index (χ3v) is 6.44. The van der Waals surface area contributed by atoms with Gasteiger partial charge in [-0.05, 0) is 31.5 Å². The van der Waals surface area contributed by atoms with Crippen LogP contribution in [0.3, 0.4) is 0 Å². The van der Waals surface area contributed by atoms with E-state index in [4.69, 9.17) is 16.6 Å². The Morgan fingerprint density at radius 1 is 1.47 bits per heavy atom. The molecule has 0 fully saturated rings. The second kappa shape index (κ2) is 8.58. The van der Waals surface area contributed by atoms with Gasteiger partial charge in [-0.25, -0.2) is 4.98 Å². The van der Waals surface area contributed by atoms with E-state index in [-0.39, 0.29) is 5.91 Å². The summed E-state index contributed by atoms with van der Waals surface area (Å²) in [5.41, 5.74) is 2.34. The van der Waals surface area contributed by atoms with E-state index in [2.05, 4.69) is 27.1 Å². The van der Waals surface area contributed by atoms with Crippen molar-refractivity contribution < 1.29 is 9.21 Å². The van der Waals surface area contributed by atoms with Crippen molar-refractivity contribution in [3.63, 3.8) is 0 Å². The Morgan fingerprint density at radius 2 is 2.27 bits per heavy atom. The molecule has 3 heterocycles. The van der Waals surface area contributed by atoms with Crippen molar-refractivity contribution >= 4 is 57.3 Å². The maximum absolute atomic E-state index is 13.0. The molecular formula is C20H19N5O2S3. The number of para-hydroxylation sites is 1. The van der Waals surface area contributed by atoms with Crippen LogP contribution in [0, 0.1) is 11.7 Å². The van der Waals surface area contributed by atoms with Crippen molar-refractivity contribution in [1.29, 1.82) is 0 Å². The Kier molecular flexibility index (Phi) is 5.89. The van der Waals surface area contributed by atoms with Crippen LogP contribution in [0.2, 0.25) is 0 Å². The minimum absolute atomic E-state index is 0.314. The molecule has 30 heavy (non-hydrogen) atoms. The molecule has 2 N–H and O–H groups in total. The van der Waals surface area contributed by atoms with Gasteiger partial charge in [-0.15, -0.1) is 6.58 Å². The average molecular weight is 458 g/mol. The van der Waals surface area contributed by atoms with Gasteiger partial charge in [0.1, 0.15) is 5.58 Å². The second-order valence-corrected chi connectivity index (χ2v) is 8.73. The molecule has 0 aliphatic rings. The number of fused-ring (bicyclic) bond motifs is 1. The molecule has 10 heteroatoms. The molecule has 1 amide bonds. The highest BCUT2D eigenvalue weighted by Crippen LogP contribution is 2.33. The summed E-state index contributed by atoms with van der Waals surface area (Å²) in [6.45, 7) is 6.16. The van der Waals surface area contributed by atoms with Crippen LogP contribution in [0.5, 0.6) is 0 Å². The monoisotopic (exact) mass is 457 g/mol. The zero-order chi connectivity index (χ0) is 21.3. The maximum Gasteiger partial charge on any atom is 0.293 e. The number of nitrogens with one attached hydrogen (secondary N) is 2. The molecule has 0 unspecified atom stereocenters. The Balaban J connectivity index is 1.67. The third-order valence-electron chi connectivity index (χ3n) is 4.48. The van der Waals surface area contributed by atoms with E-state index in [9.17, 15) is 4.79 Å². The average Bonchev–Trinajstić information content (AvgIpc) is 3.39. The first-order valence-electron chi connectivity index (χ1n) is 9.08. The lowest BCUT2D eigenvalue weighted by atomic mass is 10.1. The highest BCUT2D eigenvalue weighted by molar-refractivity contribution is 7.97. The molecule has 1 aromatic carbocycles. The maximum atomic E-state index is 13.0. The molecule has 0 saturated carbocycles. The van der Waals surface area contributed by atoms with Crippen LogP contribution in [0.1, 0.15) is 21.8 Å². The SMILES string of the molecule is C=CCn1c(-c2sc(NC(=O)c3oc4ccccc4c3CSC)nc2C)n[nH]c1=S. The van der Waals surface area contributed by atoms with E-state index < -0.39 is 0 Å². The Hall–Kier alpha value is -2.69. The molecule has 0 spiro atoms. The standard InChI is InChI=1S/C20H19N5O2S3/c1-4-9-25-17(23-24-20(25)28)16-11(2)21-19(30-16)22-18(26)15-13(10-29-3)12-7-5-6-8-14(12)27-15/h4-8H,1,9-10H2,2-3H3,(H,24,28)(H,21,22,26). The summed E-state index contributed by atoms with van der Waals surface area (Å²) < 4.78 is 8.21. The first kappa shape index (κ1) is 20.6. The predicted molar refractivity (Wildman–Crippen MR) is 125 cm³/mol. The lowest BCUT2D eigenvalue weighted by molar-refractivity contribution is 0.0998. The molecule has 0 aliphatic carbocycles. The number of furan rings is 1. The summed E-state index contributed by atoms with van der Waals surface area (Å²) in [6.07, 6.45) is 3.75. The summed E-state index contributed by atoms with van der Waals surface area (Å²) in [6, 6.07) is 7.66. The molecule has 0 radical (unpaired) electrons. The number of amides is 1. The van der Waals surface area contributed by atoms with Crippen LogP contribution >= 0.6 is 35.3 Å². The Bertz CT molecular complexity index is 1300. The van der Waals surface area contributed by atoms with Crippen molar-refractivity contribution in [3.8, 4) is 10.7 Å². The number of hydrogen-bond donors (Lipinski definition) is 2. The summed E-state index contributed by atoms with van der Waals surface area (Å²) >= 11 is 8.27. The highest BCUT2D eigenvalue weighted by Gasteiger charge is 2.22. The van der Waals surface area contributed by atoms with Crippen LogP contribution in [0.15, 0.2) is 41.3 Å². The first-order chi connectivity index (χ1) is 14.5. The number of anilines is 1. The van der Waals surface area contributed by atoms with Gasteiger partial charge >= 0.3 is 0 Å². The van der Waals surface area contributed by atoms with E-state index in [1.165, 1.54) is 11.3 Å². The molecule has 4 rings (SSSR count). The Morgan fingerprint density at radius 3 is 3.03 bits per heavy atom. The zero-order valence-electron chi connectivity index (χ0n) is 16.4. The van der Waals surface area contributed by atoms with Gasteiger partial charge in [0.25, 0.3) is 5.91 Å². The number of allylic oxidation sites excluding steroid dienone is 1. The number of aromatic nitrogens is 4. The topological polar surface area (TPSA) is 88.7 Å². The van der Waals surface area contributed by atoms with Gasteiger partial charge in [0.05, 0.1) is 10.6 Å². The van der Waals surface area contributed by atoms with E-state index >= 15 is 0 Å². The molecule has 154 valence electrons. The van der Waals surface area contributed by atoms with Crippen molar-refractivity contribution in [2.75, 3.05) is 11.6 Å². The third kappa shape index (κ3) is 3.73. The largest absolute Gasteiger partial charge is 0.451 e. The molecule has 4 aromatic rings. The predicted octanol–water partition coefficient (Wildman–Crippen LogP) is 5.42. The number of H-pyrrole nitrogens is 1. The summed E-state index contributed by atoms with van der Waals surface area (Å²) in [7, 11) is 0. The zero-order valence-corrected chi connectivity index (χ0v) is 18.8. The number of rotatable bonds is 7. The highest BCUT2D eigenvalue weighted by atomic mass is 32.2. The quantitative estimate of drug-likeness (QED) is 0.285. The van der Waals surface area contributed by atoms with E-state index in [0.29, 0.717) is 39.4 Å². The number of hydrogen-bond acceptors (Lipinski definition) is 7. The lowest BCUT2D eigenvalue weighted by Gasteiger charge is -2.02. The smallest absolute Gasteiger partial charge is 0.293 e. The van der Waals surface area contributed by atoms with Crippen molar-refractivity contribution in [3.05, 3.63) is 58.7 Å². The van der Waals surface area contributed by atoms with E-state index in [0.717, 1.165) is 21.5 Å². The van der Waals surface area contributed by atoms with Crippen LogP contribution in [-0.4, -0.2) is 31.9 Å². The van der Waals surface area contributed by atoms with Gasteiger partial charge in [-0.2, -0.15) is 16.9 Å². The van der Waals surface area contributed by atoms with Gasteiger partial charge < -0.3 is 4.42 Å². The molecule has 3 aromatic heterocycles. The summed E-state index contributed by atoms with van der Waals surface area (Å²) in [5, 5.41) is 11.4. The fourth-order valence-corrected chi connectivity index (χ4v) is 4.91. The van der Waals surface area contributed by atoms with Crippen LogP contribution in [-0.2, 0) is 12.3 Å². The van der Waals surface area contributed by atoms with Gasteiger partial charge in [-0.3, -0.25) is 19.8 Å². The number of carbonyl (C=O) groups is 1. The number of aromatic amines is 1. The second-order valence-electron chi connectivity index (χ2n) is 6.48. The minimum Gasteiger partial charge on any atom is -0.451 e. The van der Waals surface area contributed by atoms with Crippen molar-refractivity contribution in [2.45, 2.75) is 19.2 Å². The van der Waals surface area contributed by atoms with Crippen molar-refractivity contribution in [2.24, 2.45) is 0 Å². The molecule has 7 nitrogen and oxygen atoms in total. The lowest BCUT2D eigenvalue weighted by Crippen LogP contribution is -2.12. The molecule has 0 saturated heterocycles. The van der Waals surface area contributed by atoms with E-state index in [1.807, 2.05) is 42.0 Å². The Labute approximate surface area is 186 Å². The minimum atomic E-state index is -0.319. The van der Waals surface area contributed by atoms with Crippen LogP contribution < -0.4 is 5.32 Å². The number of thiazole rings is 1. The molecule has 0 atom stereocenters. The fourth-order valence-electron chi connectivity index (χ4n) is 3.17. The summed E-state index contributed by atoms with van der Waals surface area (Å²) in [5.74, 6) is 1.34. The van der Waals surface area contributed by atoms with Gasteiger partial charge in [0, 0.05) is 23.2 Å². The molecule has 0 aliphatic heterocycles. The normalized spacial score (nSPS) is 11.1. The summed E-state index contributed by atoms with van der Waals surface area (Å²) in [4.78, 5) is 18.3. The number of nitrogens with zero attached hydrogens (tertiary/aromatic N) is 3. The number of benzene rings is 1. The first-order valence-corrected chi connectivity index (χ1v) is 11.7. The van der Waals surface area contributed by atoms with Gasteiger partial charge in [0.2, 0.25) is 0 Å². The fraction of sp³-hybridized carbons (Fsp3) is 0.200. The van der Waals surface area contributed by atoms with Gasteiger partial charge in [-0.1, -0.05) is 35.6 Å². The van der Waals surface area contributed by atoms with Crippen LogP contribution in [0.4, 0.5) is 5.13 Å². The molecule has 0 bridgehead atoms. The number of carbonyl (C=O) groups excluding carboxylic acids is 1. The van der Waals surface area contributed by atoms with Gasteiger partial charge in [0.15, 0.2) is 21.5 Å². The van der Waals surface area contributed by atoms with Crippen molar-refractivity contribution in [1.82, 2.24) is 19.7 Å². The molecular weight excluding hydrogens is 438 g/mol. The number of thioether (sulfide) groups is 1. The van der Waals surface area contributed by atoms with E-state index in [1.54, 1.807) is 17.8 Å². The van der Waals surface area contributed by atoms with Crippen LogP contribution in [0.25, 0.3) is 21.7 Å². The number of aryl methyl sites for hydroxylation is 1.